The Hall–Kier alpha value is -0.610. The topological polar surface area (TPSA) is 66.6 Å². The summed E-state index contributed by atoms with van der Waals surface area (Å²) in [5.74, 6) is 0.170. The van der Waals surface area contributed by atoms with Gasteiger partial charge in [0.2, 0.25) is 5.91 Å². The fourth-order valence-corrected chi connectivity index (χ4v) is 3.14. The van der Waals surface area contributed by atoms with E-state index in [1.54, 1.807) is 11.8 Å². The molecular weight excluding hydrogens is 216 g/mol. The van der Waals surface area contributed by atoms with Crippen LogP contribution in [0.5, 0.6) is 0 Å². The van der Waals surface area contributed by atoms with Crippen molar-refractivity contribution in [3.05, 3.63) is 0 Å². The first-order chi connectivity index (χ1) is 7.96. The maximum Gasteiger partial charge on any atom is 0.223 e. The zero-order chi connectivity index (χ0) is 12.5. The van der Waals surface area contributed by atoms with Gasteiger partial charge in [0.1, 0.15) is 0 Å². The average molecular weight is 240 g/mol. The quantitative estimate of drug-likeness (QED) is 0.769. The predicted octanol–water partition coefficient (Wildman–Crippen LogP) is 0.879. The zero-order valence-electron chi connectivity index (χ0n) is 10.7. The van der Waals surface area contributed by atoms with Crippen LogP contribution in [-0.2, 0) is 4.79 Å². The van der Waals surface area contributed by atoms with E-state index in [0.717, 1.165) is 12.8 Å². The van der Waals surface area contributed by atoms with Gasteiger partial charge in [0.25, 0.3) is 0 Å². The molecule has 2 aliphatic rings. The predicted molar refractivity (Wildman–Crippen MR) is 66.4 cm³/mol. The van der Waals surface area contributed by atoms with Crippen LogP contribution < -0.4 is 5.73 Å². The van der Waals surface area contributed by atoms with Gasteiger partial charge in [0.05, 0.1) is 18.7 Å². The van der Waals surface area contributed by atoms with Gasteiger partial charge in [-0.05, 0) is 31.7 Å². The number of nitrogens with two attached hydrogens (primary N) is 1. The number of likely N-dealkylation sites (tertiary alicyclic amines) is 1. The van der Waals surface area contributed by atoms with E-state index in [9.17, 15) is 9.90 Å². The van der Waals surface area contributed by atoms with Crippen molar-refractivity contribution in [1.29, 1.82) is 0 Å². The van der Waals surface area contributed by atoms with Gasteiger partial charge in [-0.3, -0.25) is 4.79 Å². The number of rotatable bonds is 3. The van der Waals surface area contributed by atoms with Crippen molar-refractivity contribution >= 4 is 5.91 Å². The second kappa shape index (κ2) is 4.58. The van der Waals surface area contributed by atoms with E-state index in [1.165, 1.54) is 19.3 Å². The van der Waals surface area contributed by atoms with Crippen molar-refractivity contribution in [2.45, 2.75) is 51.0 Å². The van der Waals surface area contributed by atoms with Gasteiger partial charge in [-0.2, -0.15) is 0 Å². The lowest BCUT2D eigenvalue weighted by Crippen LogP contribution is -2.62. The van der Waals surface area contributed by atoms with E-state index in [1.807, 2.05) is 0 Å². The number of amides is 1. The maximum atomic E-state index is 12.1. The Morgan fingerprint density at radius 2 is 1.88 bits per heavy atom. The summed E-state index contributed by atoms with van der Waals surface area (Å²) in [4.78, 5) is 13.9. The Bertz CT molecular complexity index is 288. The molecule has 1 heterocycles. The minimum atomic E-state index is -0.669. The molecule has 1 amide bonds. The molecule has 0 radical (unpaired) electrons. The highest BCUT2D eigenvalue weighted by Crippen LogP contribution is 2.39. The number of hydrogen-bond donors (Lipinski definition) is 2. The van der Waals surface area contributed by atoms with Crippen molar-refractivity contribution in [1.82, 2.24) is 4.90 Å². The standard InChI is InChI=1S/C13H24N2O2/c1-12(17)9-15(10-12)11(16)7-13(8-14)5-3-2-4-6-13/h17H,2-10,14H2,1H3. The summed E-state index contributed by atoms with van der Waals surface area (Å²) in [5, 5.41) is 9.64. The van der Waals surface area contributed by atoms with Crippen LogP contribution in [0.25, 0.3) is 0 Å². The van der Waals surface area contributed by atoms with E-state index in [0.29, 0.717) is 26.1 Å². The van der Waals surface area contributed by atoms with Crippen molar-refractivity contribution in [3.8, 4) is 0 Å². The average Bonchev–Trinajstić information content (AvgIpc) is 2.27. The lowest BCUT2D eigenvalue weighted by Gasteiger charge is -2.46. The Morgan fingerprint density at radius 3 is 2.35 bits per heavy atom. The Kier molecular flexibility index (Phi) is 3.46. The number of β-amino-alcohol motifs (C(OH)–C–C–N with tert-alkyl or cyclic N) is 1. The van der Waals surface area contributed by atoms with Gasteiger partial charge in [-0.25, -0.2) is 0 Å². The third-order valence-electron chi connectivity index (χ3n) is 4.29. The largest absolute Gasteiger partial charge is 0.386 e. The van der Waals surface area contributed by atoms with E-state index < -0.39 is 5.60 Å². The van der Waals surface area contributed by atoms with Gasteiger partial charge in [-0.1, -0.05) is 19.3 Å². The Balaban J connectivity index is 1.88. The first-order valence-electron chi connectivity index (χ1n) is 6.67. The third kappa shape index (κ3) is 2.80. The first-order valence-corrected chi connectivity index (χ1v) is 6.67. The molecule has 0 spiro atoms. The van der Waals surface area contributed by atoms with Crippen molar-refractivity contribution < 1.29 is 9.90 Å². The van der Waals surface area contributed by atoms with Crippen LogP contribution in [0.4, 0.5) is 0 Å². The molecule has 1 aliphatic carbocycles. The van der Waals surface area contributed by atoms with E-state index in [4.69, 9.17) is 5.73 Å². The summed E-state index contributed by atoms with van der Waals surface area (Å²) < 4.78 is 0. The summed E-state index contributed by atoms with van der Waals surface area (Å²) in [6.45, 7) is 3.35. The lowest BCUT2D eigenvalue weighted by molar-refractivity contribution is -0.155. The molecule has 2 fully saturated rings. The van der Waals surface area contributed by atoms with Crippen LogP contribution in [0.3, 0.4) is 0 Å². The van der Waals surface area contributed by atoms with Gasteiger partial charge >= 0.3 is 0 Å². The first kappa shape index (κ1) is 12.8. The van der Waals surface area contributed by atoms with Gasteiger partial charge in [0.15, 0.2) is 0 Å². The summed E-state index contributed by atoms with van der Waals surface area (Å²) >= 11 is 0. The summed E-state index contributed by atoms with van der Waals surface area (Å²) in [5.41, 5.74) is 5.25. The zero-order valence-corrected chi connectivity index (χ0v) is 10.7. The number of carbonyl (C=O) groups excluding carboxylic acids is 1. The molecule has 1 aliphatic heterocycles. The van der Waals surface area contributed by atoms with Crippen LogP contribution >= 0.6 is 0 Å². The molecule has 1 saturated heterocycles. The molecule has 98 valence electrons. The second-order valence-corrected chi connectivity index (χ2v) is 6.19. The molecule has 0 aromatic carbocycles. The molecule has 0 atom stereocenters. The molecule has 2 rings (SSSR count). The molecule has 17 heavy (non-hydrogen) atoms. The SMILES string of the molecule is CC1(O)CN(C(=O)CC2(CN)CCCCC2)C1. The van der Waals surface area contributed by atoms with Crippen LogP contribution in [-0.4, -0.2) is 41.1 Å². The fourth-order valence-electron chi connectivity index (χ4n) is 3.14. The van der Waals surface area contributed by atoms with Gasteiger partial charge < -0.3 is 15.7 Å². The molecule has 0 unspecified atom stereocenters. The molecule has 0 bridgehead atoms. The molecule has 3 N–H and O–H groups in total. The summed E-state index contributed by atoms with van der Waals surface area (Å²) in [6.07, 6.45) is 6.40. The van der Waals surface area contributed by atoms with Gasteiger partial charge in [-0.15, -0.1) is 0 Å². The monoisotopic (exact) mass is 240 g/mol. The highest BCUT2D eigenvalue weighted by Gasteiger charge is 2.42. The molecular formula is C13H24N2O2. The molecule has 4 heteroatoms. The number of hydrogen-bond acceptors (Lipinski definition) is 3. The van der Waals surface area contributed by atoms with Crippen LogP contribution in [0, 0.1) is 5.41 Å². The van der Waals surface area contributed by atoms with Crippen LogP contribution in [0.1, 0.15) is 45.4 Å². The van der Waals surface area contributed by atoms with E-state index in [2.05, 4.69) is 0 Å². The van der Waals surface area contributed by atoms with Crippen LogP contribution in [0.2, 0.25) is 0 Å². The van der Waals surface area contributed by atoms with Crippen molar-refractivity contribution in [2.24, 2.45) is 11.1 Å². The summed E-state index contributed by atoms with van der Waals surface area (Å²) in [7, 11) is 0. The molecule has 0 aromatic rings. The smallest absolute Gasteiger partial charge is 0.223 e. The summed E-state index contributed by atoms with van der Waals surface area (Å²) in [6, 6.07) is 0. The van der Waals surface area contributed by atoms with E-state index in [-0.39, 0.29) is 11.3 Å². The second-order valence-electron chi connectivity index (χ2n) is 6.19. The van der Waals surface area contributed by atoms with E-state index >= 15 is 0 Å². The highest BCUT2D eigenvalue weighted by molar-refractivity contribution is 5.78. The Labute approximate surface area is 103 Å². The minimum Gasteiger partial charge on any atom is -0.386 e. The Morgan fingerprint density at radius 1 is 1.29 bits per heavy atom. The number of carbonyl (C=O) groups is 1. The minimum absolute atomic E-state index is 0.0385. The van der Waals surface area contributed by atoms with Gasteiger partial charge in [0, 0.05) is 6.42 Å². The number of aliphatic hydroxyl groups is 1. The molecule has 0 aromatic heterocycles. The third-order valence-corrected chi connectivity index (χ3v) is 4.29. The highest BCUT2D eigenvalue weighted by atomic mass is 16.3. The maximum absolute atomic E-state index is 12.1. The fraction of sp³-hybridized carbons (Fsp3) is 0.923. The van der Waals surface area contributed by atoms with Crippen LogP contribution in [0.15, 0.2) is 0 Å². The van der Waals surface area contributed by atoms with Crippen molar-refractivity contribution in [3.63, 3.8) is 0 Å². The molecule has 4 nitrogen and oxygen atoms in total. The number of nitrogens with zero attached hydrogens (tertiary/aromatic N) is 1. The van der Waals surface area contributed by atoms with Crippen molar-refractivity contribution in [2.75, 3.05) is 19.6 Å². The normalized spacial score (nSPS) is 26.4. The molecule has 1 saturated carbocycles. The lowest BCUT2D eigenvalue weighted by atomic mass is 9.71.